The molecule has 0 aliphatic carbocycles. The topological polar surface area (TPSA) is 32.6 Å². The first-order valence-corrected chi connectivity index (χ1v) is 23.2. The van der Waals surface area contributed by atoms with Crippen LogP contribution in [0.2, 0.25) is 0 Å². The zero-order valence-corrected chi connectivity index (χ0v) is 36.9. The first-order valence-electron chi connectivity index (χ1n) is 23.2. The summed E-state index contributed by atoms with van der Waals surface area (Å²) in [6.45, 7) is 0. The van der Waals surface area contributed by atoms with Gasteiger partial charge in [0.2, 0.25) is 0 Å². The van der Waals surface area contributed by atoms with Gasteiger partial charge in [-0.05, 0) is 90.5 Å². The van der Waals surface area contributed by atoms with Crippen LogP contribution in [0.15, 0.2) is 249 Å². The second-order valence-electron chi connectivity index (χ2n) is 17.6. The van der Waals surface area contributed by atoms with Crippen molar-refractivity contribution in [2.24, 2.45) is 0 Å². The molecule has 0 N–H and O–H groups in total. The van der Waals surface area contributed by atoms with Gasteiger partial charge in [-0.15, -0.1) is 0 Å². The Morgan fingerprint density at radius 1 is 0.250 bits per heavy atom. The highest BCUT2D eigenvalue weighted by atomic mass is 15.3. The number of aromatic nitrogens is 5. The van der Waals surface area contributed by atoms with E-state index in [1.807, 2.05) is 0 Å². The van der Waals surface area contributed by atoms with E-state index in [1.165, 1.54) is 54.4 Å². The molecular weight excluding hydrogens is 827 g/mol. The monoisotopic (exact) mass is 867 g/mol. The second kappa shape index (κ2) is 15.2. The molecule has 0 fully saturated rings. The molecule has 0 amide bonds. The van der Waals surface area contributed by atoms with Crippen molar-refractivity contribution < 1.29 is 0 Å². The molecule has 0 saturated heterocycles. The van der Waals surface area contributed by atoms with Crippen molar-refractivity contribution in [3.05, 3.63) is 249 Å². The molecular formula is C63H41N5. The zero-order valence-electron chi connectivity index (χ0n) is 36.9. The predicted molar refractivity (Wildman–Crippen MR) is 283 cm³/mol. The molecule has 0 radical (unpaired) electrons. The molecule has 0 aliphatic heterocycles. The lowest BCUT2D eigenvalue weighted by Crippen LogP contribution is -1.99. The maximum absolute atomic E-state index is 5.40. The normalized spacial score (nSPS) is 11.8. The van der Waals surface area contributed by atoms with Crippen molar-refractivity contribution in [1.29, 1.82) is 0 Å². The molecule has 318 valence electrons. The minimum absolute atomic E-state index is 0.938. The SMILES string of the molecule is c1ccc(-c2nn(-c3ccccc3)c(-c3ccccc3)c2-c2ccc(-n3c4ccc(-n5c6ccccc6c6ccccc65)cc4c4cc(-n5c6ccccc6c6ccccc65)ccc43)cc2)cc1. The van der Waals surface area contributed by atoms with Crippen molar-refractivity contribution in [2.75, 3.05) is 0 Å². The van der Waals surface area contributed by atoms with Gasteiger partial charge in [-0.25, -0.2) is 4.68 Å². The summed E-state index contributed by atoms with van der Waals surface area (Å²) in [5.74, 6) is 0. The van der Waals surface area contributed by atoms with Gasteiger partial charge in [0, 0.05) is 66.1 Å². The van der Waals surface area contributed by atoms with Gasteiger partial charge < -0.3 is 13.7 Å². The minimum atomic E-state index is 0.938. The van der Waals surface area contributed by atoms with Crippen LogP contribution in [0.25, 0.3) is 122 Å². The smallest absolute Gasteiger partial charge is 0.101 e. The fourth-order valence-electron chi connectivity index (χ4n) is 10.8. The Labute approximate surface area is 392 Å². The summed E-state index contributed by atoms with van der Waals surface area (Å²) in [5.41, 5.74) is 17.8. The van der Waals surface area contributed by atoms with Crippen molar-refractivity contribution in [3.63, 3.8) is 0 Å². The summed E-state index contributed by atoms with van der Waals surface area (Å²) in [4.78, 5) is 0. The number of benzene rings is 10. The molecule has 4 aromatic heterocycles. The van der Waals surface area contributed by atoms with E-state index in [-0.39, 0.29) is 0 Å². The van der Waals surface area contributed by atoms with Gasteiger partial charge in [0.25, 0.3) is 0 Å². The molecule has 4 heterocycles. The molecule has 0 bridgehead atoms. The Kier molecular flexibility index (Phi) is 8.52. The third-order valence-electron chi connectivity index (χ3n) is 13.8. The van der Waals surface area contributed by atoms with Crippen LogP contribution in [-0.4, -0.2) is 23.5 Å². The van der Waals surface area contributed by atoms with E-state index in [4.69, 9.17) is 5.10 Å². The summed E-state index contributed by atoms with van der Waals surface area (Å²) in [6.07, 6.45) is 0. The van der Waals surface area contributed by atoms with Gasteiger partial charge in [0.15, 0.2) is 0 Å². The maximum atomic E-state index is 5.40. The summed E-state index contributed by atoms with van der Waals surface area (Å²) in [6, 6.07) is 89.8. The molecule has 5 heteroatoms. The van der Waals surface area contributed by atoms with E-state index in [1.54, 1.807) is 0 Å². The molecule has 0 saturated carbocycles. The van der Waals surface area contributed by atoms with Crippen LogP contribution in [0.1, 0.15) is 0 Å². The minimum Gasteiger partial charge on any atom is -0.309 e. The Hall–Kier alpha value is -9.19. The van der Waals surface area contributed by atoms with Crippen molar-refractivity contribution in [3.8, 4) is 56.4 Å². The summed E-state index contributed by atoms with van der Waals surface area (Å²) in [5, 5.41) is 12.8. The fraction of sp³-hybridized carbons (Fsp3) is 0. The van der Waals surface area contributed by atoms with E-state index >= 15 is 0 Å². The average Bonchev–Trinajstić information content (AvgIpc) is 4.16. The number of para-hydroxylation sites is 5. The highest BCUT2D eigenvalue weighted by molar-refractivity contribution is 6.14. The van der Waals surface area contributed by atoms with Crippen molar-refractivity contribution >= 4 is 65.4 Å². The third kappa shape index (κ3) is 5.79. The van der Waals surface area contributed by atoms with Crippen LogP contribution in [0.4, 0.5) is 0 Å². The summed E-state index contributed by atoms with van der Waals surface area (Å²) < 4.78 is 9.38. The Bertz CT molecular complexity index is 3950. The van der Waals surface area contributed by atoms with Gasteiger partial charge in [-0.2, -0.15) is 5.10 Å². The molecule has 14 aromatic rings. The van der Waals surface area contributed by atoms with Gasteiger partial charge in [-0.1, -0.05) is 164 Å². The van der Waals surface area contributed by atoms with Crippen molar-refractivity contribution in [1.82, 2.24) is 23.5 Å². The summed E-state index contributed by atoms with van der Waals surface area (Å²) in [7, 11) is 0. The van der Waals surface area contributed by atoms with Crippen LogP contribution >= 0.6 is 0 Å². The molecule has 10 aromatic carbocycles. The van der Waals surface area contributed by atoms with E-state index in [0.29, 0.717) is 0 Å². The number of hydrogen-bond acceptors (Lipinski definition) is 1. The molecule has 5 nitrogen and oxygen atoms in total. The van der Waals surface area contributed by atoms with Crippen LogP contribution in [-0.2, 0) is 0 Å². The number of nitrogens with zero attached hydrogens (tertiary/aromatic N) is 5. The lowest BCUT2D eigenvalue weighted by Gasteiger charge is -2.13. The van der Waals surface area contributed by atoms with Crippen LogP contribution < -0.4 is 0 Å². The van der Waals surface area contributed by atoms with Gasteiger partial charge >= 0.3 is 0 Å². The van der Waals surface area contributed by atoms with Crippen LogP contribution in [0.5, 0.6) is 0 Å². The highest BCUT2D eigenvalue weighted by Gasteiger charge is 2.24. The van der Waals surface area contributed by atoms with Crippen LogP contribution in [0.3, 0.4) is 0 Å². The first-order chi connectivity index (χ1) is 33.8. The quantitative estimate of drug-likeness (QED) is 0.157. The molecule has 0 spiro atoms. The molecule has 0 aliphatic rings. The Morgan fingerprint density at radius 3 is 1.09 bits per heavy atom. The van der Waals surface area contributed by atoms with Gasteiger partial charge in [-0.3, -0.25) is 0 Å². The summed E-state index contributed by atoms with van der Waals surface area (Å²) >= 11 is 0. The lowest BCUT2D eigenvalue weighted by molar-refractivity contribution is 0.892. The van der Waals surface area contributed by atoms with E-state index in [9.17, 15) is 0 Å². The number of fused-ring (bicyclic) bond motifs is 9. The number of rotatable bonds is 7. The second-order valence-corrected chi connectivity index (χ2v) is 17.6. The van der Waals surface area contributed by atoms with Crippen molar-refractivity contribution in [2.45, 2.75) is 0 Å². The molecule has 0 atom stereocenters. The number of hydrogen-bond donors (Lipinski definition) is 0. The Balaban J connectivity index is 1.00. The predicted octanol–water partition coefficient (Wildman–Crippen LogP) is 16.2. The van der Waals surface area contributed by atoms with Gasteiger partial charge in [0.05, 0.1) is 44.5 Å². The third-order valence-corrected chi connectivity index (χ3v) is 13.8. The Morgan fingerprint density at radius 2 is 0.618 bits per heavy atom. The fourth-order valence-corrected chi connectivity index (χ4v) is 10.8. The average molecular weight is 868 g/mol. The van der Waals surface area contributed by atoms with Crippen LogP contribution in [0, 0.1) is 0 Å². The lowest BCUT2D eigenvalue weighted by atomic mass is 9.95. The van der Waals surface area contributed by atoms with E-state index in [0.717, 1.165) is 67.4 Å². The largest absolute Gasteiger partial charge is 0.309 e. The first kappa shape index (κ1) is 38.1. The maximum Gasteiger partial charge on any atom is 0.101 e. The zero-order chi connectivity index (χ0) is 44.7. The standard InChI is InChI=1S/C63H41N5/c1-4-18-43(19-5-1)62-61(63(44-20-6-2-7-21-44)68(64-62)46-22-8-3-9-23-46)42-32-34-45(35-33-42)65-59-38-36-47(66-55-28-14-10-24-49(55)50-25-11-15-29-56(50)66)40-53(59)54-41-48(37-39-60(54)65)67-57-30-16-12-26-51(57)52-27-13-17-31-58(52)67/h1-41H. The van der Waals surface area contributed by atoms with E-state index in [2.05, 4.69) is 267 Å². The van der Waals surface area contributed by atoms with Gasteiger partial charge in [0.1, 0.15) is 5.69 Å². The molecule has 68 heavy (non-hydrogen) atoms. The molecule has 0 unspecified atom stereocenters. The highest BCUT2D eigenvalue weighted by Crippen LogP contribution is 2.43. The van der Waals surface area contributed by atoms with E-state index < -0.39 is 0 Å². The molecule has 14 rings (SSSR count).